The van der Waals surface area contributed by atoms with Crippen molar-refractivity contribution in [2.24, 2.45) is 0 Å². The molecule has 21 heavy (non-hydrogen) atoms. The van der Waals surface area contributed by atoms with Gasteiger partial charge in [0.15, 0.2) is 5.78 Å². The average molecular weight is 317 g/mol. The van der Waals surface area contributed by atoms with Crippen LogP contribution in [0.5, 0.6) is 5.75 Å². The van der Waals surface area contributed by atoms with Crippen LogP contribution in [0, 0.1) is 0 Å². The number of hydrogen-bond donors (Lipinski definition) is 0. The third-order valence-electron chi connectivity index (χ3n) is 3.40. The van der Waals surface area contributed by atoms with Gasteiger partial charge in [0.2, 0.25) is 0 Å². The Bertz CT molecular complexity index is 807. The Morgan fingerprint density at radius 1 is 1.24 bits per heavy atom. The number of carbonyl (C=O) groups excluding carboxylic acids is 1. The van der Waals surface area contributed by atoms with E-state index in [4.69, 9.17) is 16.3 Å². The van der Waals surface area contributed by atoms with Gasteiger partial charge in [-0.05, 0) is 39.9 Å². The van der Waals surface area contributed by atoms with E-state index in [0.717, 1.165) is 22.1 Å². The number of fused-ring (bicyclic) bond motifs is 1. The van der Waals surface area contributed by atoms with Crippen LogP contribution >= 0.6 is 22.9 Å². The van der Waals surface area contributed by atoms with Crippen LogP contribution in [0.4, 0.5) is 0 Å². The third kappa shape index (κ3) is 2.80. The monoisotopic (exact) mass is 316 g/mol. The molecule has 2 aromatic carbocycles. The number of carbonyl (C=O) groups is 1. The Balaban J connectivity index is 2.00. The third-order valence-corrected chi connectivity index (χ3v) is 4.78. The molecule has 0 aliphatic rings. The summed E-state index contributed by atoms with van der Waals surface area (Å²) in [5.41, 5.74) is 0.987. The van der Waals surface area contributed by atoms with Crippen molar-refractivity contribution in [2.45, 2.75) is 6.42 Å². The van der Waals surface area contributed by atoms with Crippen molar-refractivity contribution < 1.29 is 9.53 Å². The van der Waals surface area contributed by atoms with Gasteiger partial charge in [0, 0.05) is 6.42 Å². The molecule has 1 heterocycles. The van der Waals surface area contributed by atoms with E-state index >= 15 is 0 Å². The Hall–Kier alpha value is -1.84. The smallest absolute Gasteiger partial charge is 0.178 e. The molecule has 106 valence electrons. The van der Waals surface area contributed by atoms with Crippen molar-refractivity contribution >= 4 is 39.5 Å². The molecular weight excluding hydrogens is 304 g/mol. The average Bonchev–Trinajstić information content (AvgIpc) is 2.93. The summed E-state index contributed by atoms with van der Waals surface area (Å²) >= 11 is 7.42. The highest BCUT2D eigenvalue weighted by atomic mass is 35.5. The molecule has 0 saturated heterocycles. The quantitative estimate of drug-likeness (QED) is 0.634. The van der Waals surface area contributed by atoms with Crippen LogP contribution in [0.15, 0.2) is 47.8 Å². The van der Waals surface area contributed by atoms with Gasteiger partial charge < -0.3 is 4.74 Å². The molecule has 0 bridgehead atoms. The second kappa shape index (κ2) is 5.88. The Labute approximate surface area is 131 Å². The fraction of sp³-hybridized carbons (Fsp3) is 0.118. The number of thiophene rings is 1. The van der Waals surface area contributed by atoms with Crippen LogP contribution in [0.2, 0.25) is 5.02 Å². The zero-order chi connectivity index (χ0) is 14.8. The number of ether oxygens (including phenoxy) is 1. The van der Waals surface area contributed by atoms with Crippen molar-refractivity contribution in [2.75, 3.05) is 7.11 Å². The van der Waals surface area contributed by atoms with Gasteiger partial charge in [0.25, 0.3) is 0 Å². The number of halogens is 1. The minimum Gasteiger partial charge on any atom is -0.497 e. The van der Waals surface area contributed by atoms with Crippen molar-refractivity contribution in [1.82, 2.24) is 0 Å². The SMILES string of the molecule is COc1ccc2cccc(CC(=O)c3sccc3Cl)c2c1. The fourth-order valence-electron chi connectivity index (χ4n) is 2.34. The van der Waals surface area contributed by atoms with Crippen molar-refractivity contribution in [3.05, 3.63) is 63.3 Å². The first-order valence-electron chi connectivity index (χ1n) is 6.51. The highest BCUT2D eigenvalue weighted by molar-refractivity contribution is 7.12. The molecule has 0 fully saturated rings. The molecule has 0 amide bonds. The number of ketones is 1. The van der Waals surface area contributed by atoms with Crippen LogP contribution in [-0.2, 0) is 6.42 Å². The summed E-state index contributed by atoms with van der Waals surface area (Å²) in [7, 11) is 1.64. The van der Waals surface area contributed by atoms with E-state index in [-0.39, 0.29) is 5.78 Å². The lowest BCUT2D eigenvalue weighted by Gasteiger charge is -2.08. The zero-order valence-electron chi connectivity index (χ0n) is 11.4. The van der Waals surface area contributed by atoms with Gasteiger partial charge in [-0.3, -0.25) is 4.79 Å². The summed E-state index contributed by atoms with van der Waals surface area (Å²) in [6.07, 6.45) is 0.338. The summed E-state index contributed by atoms with van der Waals surface area (Å²) in [6.45, 7) is 0. The molecule has 0 saturated carbocycles. The van der Waals surface area contributed by atoms with Crippen LogP contribution in [0.25, 0.3) is 10.8 Å². The number of rotatable bonds is 4. The first-order chi connectivity index (χ1) is 10.2. The minimum absolute atomic E-state index is 0.0466. The van der Waals surface area contributed by atoms with E-state index in [9.17, 15) is 4.79 Å². The van der Waals surface area contributed by atoms with Gasteiger partial charge in [0.1, 0.15) is 5.75 Å². The molecule has 2 nitrogen and oxygen atoms in total. The van der Waals surface area contributed by atoms with E-state index < -0.39 is 0 Å². The maximum atomic E-state index is 12.4. The second-order valence-electron chi connectivity index (χ2n) is 4.70. The molecule has 0 aliphatic carbocycles. The van der Waals surface area contributed by atoms with E-state index in [2.05, 4.69) is 0 Å². The topological polar surface area (TPSA) is 26.3 Å². The Kier molecular flexibility index (Phi) is 3.95. The molecule has 0 spiro atoms. The van der Waals surface area contributed by atoms with Crippen LogP contribution in [0.1, 0.15) is 15.2 Å². The standard InChI is InChI=1S/C17H13ClO2S/c1-20-13-6-5-11-3-2-4-12(14(11)10-13)9-16(19)17-15(18)7-8-21-17/h2-8,10H,9H2,1H3. The largest absolute Gasteiger partial charge is 0.497 e. The minimum atomic E-state index is 0.0466. The summed E-state index contributed by atoms with van der Waals surface area (Å²) in [6, 6.07) is 13.6. The molecule has 3 aromatic rings. The molecule has 1 aromatic heterocycles. The van der Waals surface area contributed by atoms with E-state index in [1.165, 1.54) is 11.3 Å². The van der Waals surface area contributed by atoms with Crippen LogP contribution < -0.4 is 4.74 Å². The maximum Gasteiger partial charge on any atom is 0.178 e. The zero-order valence-corrected chi connectivity index (χ0v) is 13.0. The number of Topliss-reactive ketones (excluding diaryl/α,β-unsaturated/α-hetero) is 1. The summed E-state index contributed by atoms with van der Waals surface area (Å²) in [4.78, 5) is 13.0. The maximum absolute atomic E-state index is 12.4. The molecule has 4 heteroatoms. The lowest BCUT2D eigenvalue weighted by Crippen LogP contribution is -2.02. The van der Waals surface area contributed by atoms with Gasteiger partial charge >= 0.3 is 0 Å². The van der Waals surface area contributed by atoms with Gasteiger partial charge in [0.05, 0.1) is 17.0 Å². The highest BCUT2D eigenvalue weighted by Crippen LogP contribution is 2.27. The first kappa shape index (κ1) is 14.1. The number of methoxy groups -OCH3 is 1. The van der Waals surface area contributed by atoms with Gasteiger partial charge in [-0.2, -0.15) is 0 Å². The van der Waals surface area contributed by atoms with Crippen molar-refractivity contribution in [3.8, 4) is 5.75 Å². The Morgan fingerprint density at radius 2 is 2.10 bits per heavy atom. The number of benzene rings is 2. The lowest BCUT2D eigenvalue weighted by molar-refractivity contribution is 0.0997. The van der Waals surface area contributed by atoms with Crippen molar-refractivity contribution in [1.29, 1.82) is 0 Å². The fourth-order valence-corrected chi connectivity index (χ4v) is 3.44. The van der Waals surface area contributed by atoms with E-state index in [1.807, 2.05) is 41.8 Å². The summed E-state index contributed by atoms with van der Waals surface area (Å²) < 4.78 is 5.27. The van der Waals surface area contributed by atoms with Gasteiger partial charge in [-0.1, -0.05) is 35.9 Å². The molecule has 0 N–H and O–H groups in total. The predicted octanol–water partition coefficient (Wildman–Crippen LogP) is 4.99. The molecule has 3 rings (SSSR count). The van der Waals surface area contributed by atoms with E-state index in [1.54, 1.807) is 13.2 Å². The molecule has 0 unspecified atom stereocenters. The Morgan fingerprint density at radius 3 is 2.81 bits per heavy atom. The second-order valence-corrected chi connectivity index (χ2v) is 6.03. The molecular formula is C17H13ClO2S. The van der Waals surface area contributed by atoms with Crippen LogP contribution in [0.3, 0.4) is 0 Å². The van der Waals surface area contributed by atoms with Crippen LogP contribution in [-0.4, -0.2) is 12.9 Å². The van der Waals surface area contributed by atoms with Crippen molar-refractivity contribution in [3.63, 3.8) is 0 Å². The highest BCUT2D eigenvalue weighted by Gasteiger charge is 2.14. The molecule has 0 aliphatic heterocycles. The number of hydrogen-bond acceptors (Lipinski definition) is 3. The normalized spacial score (nSPS) is 10.8. The van der Waals surface area contributed by atoms with Gasteiger partial charge in [-0.25, -0.2) is 0 Å². The lowest BCUT2D eigenvalue weighted by atomic mass is 10.00. The summed E-state index contributed by atoms with van der Waals surface area (Å²) in [5, 5.41) is 4.50. The first-order valence-corrected chi connectivity index (χ1v) is 7.76. The summed E-state index contributed by atoms with van der Waals surface area (Å²) in [5.74, 6) is 0.835. The molecule has 0 atom stereocenters. The molecule has 0 radical (unpaired) electrons. The van der Waals surface area contributed by atoms with Gasteiger partial charge in [-0.15, -0.1) is 11.3 Å². The van der Waals surface area contributed by atoms with E-state index in [0.29, 0.717) is 16.3 Å². The predicted molar refractivity (Wildman–Crippen MR) is 87.9 cm³/mol.